The standard InChI is InChI=1S/C11H18BrN3/c1-3-8-4-5-9(12)6-10(8)11-7-15(2)14-13-11/h7-10H,3-6H2,1-2H3. The van der Waals surface area contributed by atoms with E-state index in [1.807, 2.05) is 7.05 Å². The maximum atomic E-state index is 4.26. The Morgan fingerprint density at radius 1 is 1.53 bits per heavy atom. The summed E-state index contributed by atoms with van der Waals surface area (Å²) in [5.41, 5.74) is 1.17. The molecule has 84 valence electrons. The number of rotatable bonds is 2. The predicted molar refractivity (Wildman–Crippen MR) is 64.1 cm³/mol. The van der Waals surface area contributed by atoms with Gasteiger partial charge in [-0.1, -0.05) is 34.5 Å². The first-order valence-electron chi connectivity index (χ1n) is 5.71. The Bertz CT molecular complexity index is 323. The minimum atomic E-state index is 0.599. The second-order valence-corrected chi connectivity index (χ2v) is 5.80. The Hall–Kier alpha value is -0.380. The molecule has 0 spiro atoms. The lowest BCUT2D eigenvalue weighted by atomic mass is 9.76. The zero-order valence-electron chi connectivity index (χ0n) is 9.36. The van der Waals surface area contributed by atoms with E-state index in [1.165, 1.54) is 31.4 Å². The molecular formula is C11H18BrN3. The molecule has 4 heteroatoms. The van der Waals surface area contributed by atoms with Crippen molar-refractivity contribution in [2.75, 3.05) is 0 Å². The summed E-state index contributed by atoms with van der Waals surface area (Å²) in [6, 6.07) is 0. The van der Waals surface area contributed by atoms with Gasteiger partial charge in [0.25, 0.3) is 0 Å². The average Bonchev–Trinajstić information content (AvgIpc) is 2.65. The molecule has 0 aliphatic heterocycles. The fourth-order valence-electron chi connectivity index (χ4n) is 2.57. The number of nitrogens with zero attached hydrogens (tertiary/aromatic N) is 3. The quantitative estimate of drug-likeness (QED) is 0.775. The van der Waals surface area contributed by atoms with Crippen LogP contribution in [0.2, 0.25) is 0 Å². The molecule has 1 aromatic rings. The van der Waals surface area contributed by atoms with Crippen LogP contribution in [-0.2, 0) is 7.05 Å². The van der Waals surface area contributed by atoms with Gasteiger partial charge in [0, 0.05) is 24.0 Å². The molecule has 0 aromatic carbocycles. The molecule has 3 nitrogen and oxygen atoms in total. The first kappa shape index (κ1) is 11.1. The highest BCUT2D eigenvalue weighted by molar-refractivity contribution is 9.09. The van der Waals surface area contributed by atoms with E-state index < -0.39 is 0 Å². The van der Waals surface area contributed by atoms with Crippen molar-refractivity contribution < 1.29 is 0 Å². The maximum Gasteiger partial charge on any atom is 0.0861 e. The first-order valence-corrected chi connectivity index (χ1v) is 6.62. The van der Waals surface area contributed by atoms with Crippen LogP contribution in [0.5, 0.6) is 0 Å². The molecule has 1 aliphatic carbocycles. The predicted octanol–water partition coefficient (Wildman–Crippen LogP) is 2.87. The summed E-state index contributed by atoms with van der Waals surface area (Å²) in [5, 5.41) is 8.30. The Kier molecular flexibility index (Phi) is 3.44. The van der Waals surface area contributed by atoms with Gasteiger partial charge in [-0.25, -0.2) is 0 Å². The van der Waals surface area contributed by atoms with Crippen molar-refractivity contribution in [1.82, 2.24) is 15.0 Å². The van der Waals surface area contributed by atoms with Crippen molar-refractivity contribution in [2.45, 2.75) is 43.4 Å². The Balaban J connectivity index is 2.16. The first-order chi connectivity index (χ1) is 7.20. The summed E-state index contributed by atoms with van der Waals surface area (Å²) in [6.45, 7) is 2.28. The molecule has 1 fully saturated rings. The largest absolute Gasteiger partial charge is 0.255 e. The summed E-state index contributed by atoms with van der Waals surface area (Å²) in [6.07, 6.45) is 7.14. The molecule has 1 saturated carbocycles. The van der Waals surface area contributed by atoms with Gasteiger partial charge < -0.3 is 0 Å². The number of hydrogen-bond donors (Lipinski definition) is 0. The van der Waals surface area contributed by atoms with Crippen molar-refractivity contribution in [1.29, 1.82) is 0 Å². The van der Waals surface area contributed by atoms with Crippen molar-refractivity contribution in [3.05, 3.63) is 11.9 Å². The molecule has 0 bridgehead atoms. The third-order valence-corrected chi connectivity index (χ3v) is 4.29. The van der Waals surface area contributed by atoms with Gasteiger partial charge in [-0.2, -0.15) is 0 Å². The van der Waals surface area contributed by atoms with Crippen LogP contribution in [0.15, 0.2) is 6.20 Å². The molecule has 1 aliphatic rings. The van der Waals surface area contributed by atoms with Crippen LogP contribution in [0.1, 0.15) is 44.2 Å². The van der Waals surface area contributed by atoms with Gasteiger partial charge >= 0.3 is 0 Å². The van der Waals surface area contributed by atoms with Crippen molar-refractivity contribution in [3.8, 4) is 0 Å². The minimum absolute atomic E-state index is 0.599. The molecule has 1 aromatic heterocycles. The van der Waals surface area contributed by atoms with Crippen molar-refractivity contribution in [2.24, 2.45) is 13.0 Å². The lowest BCUT2D eigenvalue weighted by molar-refractivity contribution is 0.303. The molecule has 0 saturated heterocycles. The normalized spacial score (nSPS) is 31.8. The Morgan fingerprint density at radius 2 is 2.33 bits per heavy atom. The molecule has 0 amide bonds. The van der Waals surface area contributed by atoms with E-state index in [-0.39, 0.29) is 0 Å². The summed E-state index contributed by atoms with van der Waals surface area (Å²) in [7, 11) is 1.94. The highest BCUT2D eigenvalue weighted by Gasteiger charge is 2.31. The van der Waals surface area contributed by atoms with E-state index in [4.69, 9.17) is 0 Å². The fourth-order valence-corrected chi connectivity index (χ4v) is 3.24. The lowest BCUT2D eigenvalue weighted by Gasteiger charge is -2.32. The molecule has 0 radical (unpaired) electrons. The van der Waals surface area contributed by atoms with Crippen LogP contribution in [0.25, 0.3) is 0 Å². The van der Waals surface area contributed by atoms with Crippen molar-refractivity contribution in [3.63, 3.8) is 0 Å². The topological polar surface area (TPSA) is 30.7 Å². The van der Waals surface area contributed by atoms with E-state index in [0.717, 1.165) is 5.92 Å². The molecule has 0 N–H and O–H groups in total. The zero-order valence-corrected chi connectivity index (χ0v) is 10.9. The number of aromatic nitrogens is 3. The number of halogens is 1. The third-order valence-electron chi connectivity index (χ3n) is 3.45. The van der Waals surface area contributed by atoms with Gasteiger partial charge in [-0.05, 0) is 25.2 Å². The molecule has 1 heterocycles. The van der Waals surface area contributed by atoms with E-state index in [2.05, 4.69) is 39.4 Å². The summed E-state index contributed by atoms with van der Waals surface area (Å²) in [4.78, 5) is 0.660. The van der Waals surface area contributed by atoms with Gasteiger partial charge in [-0.3, -0.25) is 4.68 Å². The molecule has 3 atom stereocenters. The average molecular weight is 272 g/mol. The van der Waals surface area contributed by atoms with Gasteiger partial charge in [-0.15, -0.1) is 5.10 Å². The van der Waals surface area contributed by atoms with Crippen LogP contribution < -0.4 is 0 Å². The van der Waals surface area contributed by atoms with Crippen LogP contribution in [0.4, 0.5) is 0 Å². The van der Waals surface area contributed by atoms with Gasteiger partial charge in [0.15, 0.2) is 0 Å². The monoisotopic (exact) mass is 271 g/mol. The van der Waals surface area contributed by atoms with E-state index in [0.29, 0.717) is 10.7 Å². The fraction of sp³-hybridized carbons (Fsp3) is 0.818. The summed E-state index contributed by atoms with van der Waals surface area (Å²) in [5.74, 6) is 1.39. The van der Waals surface area contributed by atoms with E-state index in [9.17, 15) is 0 Å². The second-order valence-electron chi connectivity index (χ2n) is 4.50. The minimum Gasteiger partial charge on any atom is -0.255 e. The van der Waals surface area contributed by atoms with Crippen LogP contribution in [-0.4, -0.2) is 19.8 Å². The smallest absolute Gasteiger partial charge is 0.0861 e. The van der Waals surface area contributed by atoms with E-state index >= 15 is 0 Å². The molecule has 3 unspecified atom stereocenters. The number of hydrogen-bond acceptors (Lipinski definition) is 2. The number of aryl methyl sites for hydroxylation is 1. The van der Waals surface area contributed by atoms with Crippen LogP contribution in [0.3, 0.4) is 0 Å². The van der Waals surface area contributed by atoms with Crippen LogP contribution in [0, 0.1) is 5.92 Å². The highest BCUT2D eigenvalue weighted by atomic mass is 79.9. The summed E-state index contributed by atoms with van der Waals surface area (Å²) >= 11 is 3.73. The molecule has 15 heavy (non-hydrogen) atoms. The van der Waals surface area contributed by atoms with Gasteiger partial charge in [0.2, 0.25) is 0 Å². The summed E-state index contributed by atoms with van der Waals surface area (Å²) < 4.78 is 1.81. The second kappa shape index (κ2) is 4.64. The highest BCUT2D eigenvalue weighted by Crippen LogP contribution is 2.40. The maximum absolute atomic E-state index is 4.26. The lowest BCUT2D eigenvalue weighted by Crippen LogP contribution is -2.23. The third kappa shape index (κ3) is 2.41. The molecule has 2 rings (SSSR count). The zero-order chi connectivity index (χ0) is 10.8. The number of alkyl halides is 1. The van der Waals surface area contributed by atoms with Crippen molar-refractivity contribution >= 4 is 15.9 Å². The van der Waals surface area contributed by atoms with E-state index in [1.54, 1.807) is 4.68 Å². The Morgan fingerprint density at radius 3 is 2.93 bits per heavy atom. The van der Waals surface area contributed by atoms with Gasteiger partial charge in [0.1, 0.15) is 0 Å². The SMILES string of the molecule is CCC1CCC(Br)CC1c1cn(C)nn1. The van der Waals surface area contributed by atoms with Crippen LogP contribution >= 0.6 is 15.9 Å². The Labute approximate surface area is 99.4 Å². The molecular weight excluding hydrogens is 254 g/mol. The van der Waals surface area contributed by atoms with Gasteiger partial charge in [0.05, 0.1) is 5.69 Å².